The molecule has 0 aliphatic carbocycles. The van der Waals surface area contributed by atoms with E-state index in [4.69, 9.17) is 10.5 Å². The van der Waals surface area contributed by atoms with E-state index in [2.05, 4.69) is 17.2 Å². The summed E-state index contributed by atoms with van der Waals surface area (Å²) in [7, 11) is 0. The Morgan fingerprint density at radius 3 is 2.03 bits per heavy atom. The molecule has 7 nitrogen and oxygen atoms in total. The molecule has 2 atom stereocenters. The van der Waals surface area contributed by atoms with Crippen LogP contribution in [0.3, 0.4) is 0 Å². The molecule has 0 radical (unpaired) electrons. The first-order valence-corrected chi connectivity index (χ1v) is 9.60. The summed E-state index contributed by atoms with van der Waals surface area (Å²) in [5.74, 6) is -1.20. The maximum Gasteiger partial charge on any atom is 0.408 e. The number of nitrogens with one attached hydrogen (secondary N) is 2. The van der Waals surface area contributed by atoms with Crippen molar-refractivity contribution in [2.45, 2.75) is 38.5 Å². The van der Waals surface area contributed by atoms with E-state index in [9.17, 15) is 14.4 Å². The number of amides is 3. The van der Waals surface area contributed by atoms with E-state index in [1.807, 2.05) is 60.7 Å². The highest BCUT2D eigenvalue weighted by Crippen LogP contribution is 2.07. The summed E-state index contributed by atoms with van der Waals surface area (Å²) in [6, 6.07) is 16.6. The highest BCUT2D eigenvalue weighted by molar-refractivity contribution is 5.91. The summed E-state index contributed by atoms with van der Waals surface area (Å²) < 4.78 is 5.23. The fourth-order valence-corrected chi connectivity index (χ4v) is 2.81. The molecule has 0 saturated heterocycles. The van der Waals surface area contributed by atoms with Crippen LogP contribution >= 0.6 is 0 Å². The molecule has 0 fully saturated rings. The van der Waals surface area contributed by atoms with Crippen LogP contribution in [-0.4, -0.2) is 30.0 Å². The van der Waals surface area contributed by atoms with Crippen LogP contribution in [0.25, 0.3) is 0 Å². The predicted octanol–water partition coefficient (Wildman–Crippen LogP) is 2.46. The summed E-state index contributed by atoms with van der Waals surface area (Å²) in [6.07, 6.45) is -0.283. The number of hydrogen-bond donors (Lipinski definition) is 3. The van der Waals surface area contributed by atoms with Crippen LogP contribution < -0.4 is 16.4 Å². The third kappa shape index (κ3) is 7.79. The van der Waals surface area contributed by atoms with Gasteiger partial charge in [0, 0.05) is 6.42 Å². The molecule has 7 heteroatoms. The van der Waals surface area contributed by atoms with Crippen molar-refractivity contribution in [2.24, 2.45) is 5.73 Å². The third-order valence-electron chi connectivity index (χ3n) is 4.32. The summed E-state index contributed by atoms with van der Waals surface area (Å²) >= 11 is 0. The normalized spacial score (nSPS) is 12.3. The second-order valence-corrected chi connectivity index (χ2v) is 7.07. The first kappa shape index (κ1) is 22.7. The maximum absolute atomic E-state index is 12.8. The van der Waals surface area contributed by atoms with E-state index >= 15 is 0 Å². The quantitative estimate of drug-likeness (QED) is 0.524. The number of rotatable bonds is 10. The first-order chi connectivity index (χ1) is 14.3. The fraction of sp³-hybridized carbons (Fsp3) is 0.261. The molecule has 0 aliphatic heterocycles. The Labute approximate surface area is 176 Å². The number of carbonyl (C=O) groups is 3. The smallest absolute Gasteiger partial charge is 0.408 e. The summed E-state index contributed by atoms with van der Waals surface area (Å²) in [6.45, 7) is 5.56. The van der Waals surface area contributed by atoms with Gasteiger partial charge in [0.25, 0.3) is 0 Å². The lowest BCUT2D eigenvalue weighted by Crippen LogP contribution is -2.53. The fourth-order valence-electron chi connectivity index (χ4n) is 2.81. The van der Waals surface area contributed by atoms with Crippen LogP contribution in [0.2, 0.25) is 0 Å². The molecule has 0 aliphatic rings. The van der Waals surface area contributed by atoms with Crippen LogP contribution in [0.5, 0.6) is 0 Å². The lowest BCUT2D eigenvalue weighted by Gasteiger charge is -2.22. The molecular formula is C23H27N3O4. The third-order valence-corrected chi connectivity index (χ3v) is 4.32. The number of benzene rings is 2. The molecule has 0 unspecified atom stereocenters. The number of primary amides is 1. The summed E-state index contributed by atoms with van der Waals surface area (Å²) in [5.41, 5.74) is 7.77. The Morgan fingerprint density at radius 2 is 1.50 bits per heavy atom. The minimum atomic E-state index is -0.942. The molecule has 0 saturated carbocycles. The number of alkyl carbamates (subject to hydrolysis) is 1. The second kappa shape index (κ2) is 11.4. The van der Waals surface area contributed by atoms with E-state index in [0.717, 1.165) is 11.1 Å². The Balaban J connectivity index is 2.06. The number of hydrogen-bond acceptors (Lipinski definition) is 4. The van der Waals surface area contributed by atoms with Gasteiger partial charge in [-0.3, -0.25) is 9.59 Å². The van der Waals surface area contributed by atoms with Crippen LogP contribution in [0.4, 0.5) is 4.79 Å². The molecular weight excluding hydrogens is 382 g/mol. The van der Waals surface area contributed by atoms with E-state index in [1.54, 1.807) is 6.92 Å². The number of carbonyl (C=O) groups excluding carboxylic acids is 3. The first-order valence-electron chi connectivity index (χ1n) is 9.60. The molecule has 2 aromatic rings. The topological polar surface area (TPSA) is 111 Å². The Morgan fingerprint density at radius 1 is 0.933 bits per heavy atom. The average molecular weight is 409 g/mol. The molecule has 0 bridgehead atoms. The van der Waals surface area contributed by atoms with Crippen molar-refractivity contribution >= 4 is 17.9 Å². The van der Waals surface area contributed by atoms with Gasteiger partial charge in [-0.25, -0.2) is 4.79 Å². The average Bonchev–Trinajstić information content (AvgIpc) is 2.72. The zero-order valence-electron chi connectivity index (χ0n) is 17.0. The van der Waals surface area contributed by atoms with Gasteiger partial charge >= 0.3 is 6.09 Å². The molecule has 158 valence electrons. The monoisotopic (exact) mass is 409 g/mol. The number of nitrogens with two attached hydrogens (primary N) is 1. The van der Waals surface area contributed by atoms with Crippen molar-refractivity contribution in [3.05, 3.63) is 83.9 Å². The molecule has 3 amide bonds. The molecule has 4 N–H and O–H groups in total. The maximum atomic E-state index is 12.8. The number of ether oxygens (including phenoxy) is 1. The van der Waals surface area contributed by atoms with Gasteiger partial charge in [0.1, 0.15) is 18.7 Å². The van der Waals surface area contributed by atoms with Crippen LogP contribution in [0, 0.1) is 0 Å². The van der Waals surface area contributed by atoms with Crippen molar-refractivity contribution < 1.29 is 19.1 Å². The van der Waals surface area contributed by atoms with Gasteiger partial charge in [-0.1, -0.05) is 66.2 Å². The van der Waals surface area contributed by atoms with E-state index in [1.165, 1.54) is 0 Å². The minimum absolute atomic E-state index is 0.0753. The lowest BCUT2D eigenvalue weighted by molar-refractivity contribution is -0.128. The Hall–Kier alpha value is -3.61. The van der Waals surface area contributed by atoms with Gasteiger partial charge in [-0.15, -0.1) is 6.58 Å². The van der Waals surface area contributed by atoms with Crippen molar-refractivity contribution in [2.75, 3.05) is 0 Å². The van der Waals surface area contributed by atoms with Crippen molar-refractivity contribution in [3.63, 3.8) is 0 Å². The van der Waals surface area contributed by atoms with Crippen molar-refractivity contribution in [3.8, 4) is 0 Å². The van der Waals surface area contributed by atoms with E-state index in [0.29, 0.717) is 5.57 Å². The standard InChI is InChI=1S/C23H27N3O4/c1-16(2)13-19(21(24)27)25-22(28)20(14-17-9-5-3-6-10-17)26-23(29)30-15-18-11-7-4-8-12-18/h3-12,19-20H,1,13-15H2,2H3,(H2,24,27)(H,25,28)(H,26,29)/t19-,20-/m0/s1. The lowest BCUT2D eigenvalue weighted by atomic mass is 10.0. The SMILES string of the molecule is C=C(C)C[C@H](NC(=O)[C@H](Cc1ccccc1)NC(=O)OCc1ccccc1)C(N)=O. The highest BCUT2D eigenvalue weighted by atomic mass is 16.5. The van der Waals surface area contributed by atoms with Crippen LogP contribution in [-0.2, 0) is 27.4 Å². The second-order valence-electron chi connectivity index (χ2n) is 7.07. The van der Waals surface area contributed by atoms with Gasteiger partial charge in [0.05, 0.1) is 0 Å². The Kier molecular flexibility index (Phi) is 8.62. The Bertz CT molecular complexity index is 869. The molecule has 0 aromatic heterocycles. The van der Waals surface area contributed by atoms with Gasteiger partial charge in [0.15, 0.2) is 0 Å². The van der Waals surface area contributed by atoms with Gasteiger partial charge in [-0.2, -0.15) is 0 Å². The van der Waals surface area contributed by atoms with Crippen molar-refractivity contribution in [1.29, 1.82) is 0 Å². The zero-order valence-corrected chi connectivity index (χ0v) is 17.0. The molecule has 0 heterocycles. The molecule has 0 spiro atoms. The minimum Gasteiger partial charge on any atom is -0.445 e. The van der Waals surface area contributed by atoms with Gasteiger partial charge in [0.2, 0.25) is 11.8 Å². The van der Waals surface area contributed by atoms with Crippen molar-refractivity contribution in [1.82, 2.24) is 10.6 Å². The van der Waals surface area contributed by atoms with E-state index in [-0.39, 0.29) is 19.4 Å². The highest BCUT2D eigenvalue weighted by Gasteiger charge is 2.26. The van der Waals surface area contributed by atoms with Crippen LogP contribution in [0.1, 0.15) is 24.5 Å². The largest absolute Gasteiger partial charge is 0.445 e. The molecule has 30 heavy (non-hydrogen) atoms. The zero-order chi connectivity index (χ0) is 21.9. The summed E-state index contributed by atoms with van der Waals surface area (Å²) in [5, 5.41) is 5.19. The van der Waals surface area contributed by atoms with Gasteiger partial charge in [-0.05, 0) is 24.5 Å². The molecule has 2 aromatic carbocycles. The van der Waals surface area contributed by atoms with E-state index < -0.39 is 30.0 Å². The van der Waals surface area contributed by atoms with Gasteiger partial charge < -0.3 is 21.1 Å². The predicted molar refractivity (Wildman–Crippen MR) is 114 cm³/mol. The molecule has 2 rings (SSSR count). The summed E-state index contributed by atoms with van der Waals surface area (Å²) in [4.78, 5) is 36.8. The van der Waals surface area contributed by atoms with Crippen LogP contribution in [0.15, 0.2) is 72.8 Å².